The Kier molecular flexibility index (Phi) is 10.2. The minimum Gasteiger partial charge on any atom is -0.377 e. The van der Waals surface area contributed by atoms with Crippen LogP contribution in [0.3, 0.4) is 0 Å². The maximum atomic E-state index is 5.76. The molecule has 0 bridgehead atoms. The van der Waals surface area contributed by atoms with Gasteiger partial charge in [0.1, 0.15) is 6.10 Å². The van der Waals surface area contributed by atoms with Gasteiger partial charge in [0.25, 0.3) is 0 Å². The molecular formula is C15H30O6. The largest absolute Gasteiger partial charge is 0.377 e. The first-order valence-electron chi connectivity index (χ1n) is 7.64. The van der Waals surface area contributed by atoms with Crippen LogP contribution in [0, 0.1) is 0 Å². The van der Waals surface area contributed by atoms with E-state index in [0.29, 0.717) is 66.1 Å². The van der Waals surface area contributed by atoms with Crippen LogP contribution in [-0.2, 0) is 28.4 Å². The molecule has 0 N–H and O–H groups in total. The van der Waals surface area contributed by atoms with Gasteiger partial charge in [0, 0.05) is 0 Å². The van der Waals surface area contributed by atoms with Gasteiger partial charge in [-0.1, -0.05) is 0 Å². The van der Waals surface area contributed by atoms with Crippen molar-refractivity contribution in [2.75, 3.05) is 66.1 Å². The molecule has 1 aliphatic heterocycles. The minimum atomic E-state index is -0.183. The highest BCUT2D eigenvalue weighted by atomic mass is 16.6. The third-order valence-electron chi connectivity index (χ3n) is 2.70. The Balaban J connectivity index is 2.29. The normalized spacial score (nSPS) is 25.0. The van der Waals surface area contributed by atoms with Crippen molar-refractivity contribution in [3.05, 3.63) is 0 Å². The Morgan fingerprint density at radius 2 is 1.24 bits per heavy atom. The summed E-state index contributed by atoms with van der Waals surface area (Å²) in [5, 5.41) is 0. The van der Waals surface area contributed by atoms with Gasteiger partial charge >= 0.3 is 0 Å². The van der Waals surface area contributed by atoms with Crippen LogP contribution in [0.2, 0.25) is 0 Å². The van der Waals surface area contributed by atoms with Gasteiger partial charge in [-0.05, 0) is 20.8 Å². The summed E-state index contributed by atoms with van der Waals surface area (Å²) in [4.78, 5) is 0. The predicted octanol–water partition coefficient (Wildman–Crippen LogP) is 1.27. The Morgan fingerprint density at radius 3 is 1.76 bits per heavy atom. The lowest BCUT2D eigenvalue weighted by molar-refractivity contribution is -0.107. The van der Waals surface area contributed by atoms with E-state index in [1.54, 1.807) is 0 Å². The van der Waals surface area contributed by atoms with E-state index in [1.165, 1.54) is 0 Å². The lowest BCUT2D eigenvalue weighted by Crippen LogP contribution is -2.32. The van der Waals surface area contributed by atoms with Crippen molar-refractivity contribution in [1.29, 1.82) is 0 Å². The molecule has 1 unspecified atom stereocenters. The Morgan fingerprint density at radius 1 is 0.762 bits per heavy atom. The van der Waals surface area contributed by atoms with Gasteiger partial charge in [-0.2, -0.15) is 0 Å². The van der Waals surface area contributed by atoms with Gasteiger partial charge in [-0.25, -0.2) is 0 Å². The van der Waals surface area contributed by atoms with Crippen LogP contribution in [0.5, 0.6) is 0 Å². The molecule has 1 atom stereocenters. The maximum Gasteiger partial charge on any atom is 0.104 e. The van der Waals surface area contributed by atoms with E-state index in [9.17, 15) is 0 Å². The lowest BCUT2D eigenvalue weighted by atomic mass is 10.2. The molecule has 1 saturated heterocycles. The third kappa shape index (κ3) is 12.0. The molecule has 0 spiro atoms. The third-order valence-corrected chi connectivity index (χ3v) is 2.70. The standard InChI is InChI=1S/C15H30O6/c1-15(2,3)21-13-14-12-19-9-8-17-5-4-16-6-7-18-10-11-20-14/h14H,4-13H2,1-3H3. The van der Waals surface area contributed by atoms with Gasteiger partial charge in [0.2, 0.25) is 0 Å². The van der Waals surface area contributed by atoms with Crippen LogP contribution in [0.4, 0.5) is 0 Å². The average Bonchev–Trinajstić information content (AvgIpc) is 2.43. The predicted molar refractivity (Wildman–Crippen MR) is 78.7 cm³/mol. The van der Waals surface area contributed by atoms with Crippen LogP contribution in [0.15, 0.2) is 0 Å². The van der Waals surface area contributed by atoms with Crippen molar-refractivity contribution in [2.45, 2.75) is 32.5 Å². The molecule has 0 aromatic heterocycles. The molecule has 0 radical (unpaired) electrons. The first-order chi connectivity index (χ1) is 10.1. The van der Waals surface area contributed by atoms with E-state index in [4.69, 9.17) is 28.4 Å². The summed E-state index contributed by atoms with van der Waals surface area (Å²) in [7, 11) is 0. The lowest BCUT2D eigenvalue weighted by Gasteiger charge is -2.24. The highest BCUT2D eigenvalue weighted by Gasteiger charge is 2.16. The summed E-state index contributed by atoms with van der Waals surface area (Å²) < 4.78 is 33.3. The van der Waals surface area contributed by atoms with E-state index < -0.39 is 0 Å². The molecule has 0 saturated carbocycles. The van der Waals surface area contributed by atoms with Crippen molar-refractivity contribution < 1.29 is 28.4 Å². The van der Waals surface area contributed by atoms with Crippen molar-refractivity contribution in [2.24, 2.45) is 0 Å². The van der Waals surface area contributed by atoms with E-state index in [-0.39, 0.29) is 11.7 Å². The molecule has 0 amide bonds. The fourth-order valence-corrected chi connectivity index (χ4v) is 1.64. The Labute approximate surface area is 128 Å². The van der Waals surface area contributed by atoms with Crippen molar-refractivity contribution in [3.8, 4) is 0 Å². The Hall–Kier alpha value is -0.240. The molecule has 126 valence electrons. The zero-order valence-corrected chi connectivity index (χ0v) is 13.6. The number of rotatable bonds is 2. The van der Waals surface area contributed by atoms with Gasteiger partial charge in [-0.3, -0.25) is 0 Å². The molecule has 1 aliphatic rings. The fraction of sp³-hybridized carbons (Fsp3) is 1.00. The van der Waals surface area contributed by atoms with E-state index in [2.05, 4.69) is 0 Å². The molecular weight excluding hydrogens is 276 g/mol. The van der Waals surface area contributed by atoms with Crippen molar-refractivity contribution in [3.63, 3.8) is 0 Å². The quantitative estimate of drug-likeness (QED) is 0.766. The zero-order valence-electron chi connectivity index (χ0n) is 13.6. The SMILES string of the molecule is CC(C)(C)OCC1COCCOCCOCCOCCO1. The molecule has 1 heterocycles. The van der Waals surface area contributed by atoms with Gasteiger partial charge < -0.3 is 28.4 Å². The molecule has 6 heteroatoms. The monoisotopic (exact) mass is 306 g/mol. The number of hydrogen-bond donors (Lipinski definition) is 0. The molecule has 21 heavy (non-hydrogen) atoms. The summed E-state index contributed by atoms with van der Waals surface area (Å²) in [5.74, 6) is 0. The second-order valence-electron chi connectivity index (χ2n) is 5.83. The molecule has 0 aromatic carbocycles. The van der Waals surface area contributed by atoms with Crippen LogP contribution in [0.1, 0.15) is 20.8 Å². The molecule has 6 nitrogen and oxygen atoms in total. The van der Waals surface area contributed by atoms with Gasteiger partial charge in [0.15, 0.2) is 0 Å². The first kappa shape index (κ1) is 18.8. The van der Waals surface area contributed by atoms with Crippen LogP contribution < -0.4 is 0 Å². The number of ether oxygens (including phenoxy) is 6. The zero-order chi connectivity index (χ0) is 15.4. The highest BCUT2D eigenvalue weighted by Crippen LogP contribution is 2.08. The van der Waals surface area contributed by atoms with Crippen LogP contribution in [0.25, 0.3) is 0 Å². The molecule has 1 rings (SSSR count). The summed E-state index contributed by atoms with van der Waals surface area (Å²) in [6, 6.07) is 0. The topological polar surface area (TPSA) is 55.4 Å². The van der Waals surface area contributed by atoms with Gasteiger partial charge in [-0.15, -0.1) is 0 Å². The first-order valence-corrected chi connectivity index (χ1v) is 7.64. The maximum absolute atomic E-state index is 5.76. The summed E-state index contributed by atoms with van der Waals surface area (Å²) in [6.07, 6.45) is -0.0887. The highest BCUT2D eigenvalue weighted by molar-refractivity contribution is 4.63. The minimum absolute atomic E-state index is 0.0887. The fourth-order valence-electron chi connectivity index (χ4n) is 1.64. The smallest absolute Gasteiger partial charge is 0.104 e. The van der Waals surface area contributed by atoms with E-state index >= 15 is 0 Å². The van der Waals surface area contributed by atoms with Gasteiger partial charge in [0.05, 0.1) is 71.7 Å². The van der Waals surface area contributed by atoms with E-state index in [1.807, 2.05) is 20.8 Å². The molecule has 1 fully saturated rings. The van der Waals surface area contributed by atoms with Crippen molar-refractivity contribution >= 4 is 0 Å². The second-order valence-corrected chi connectivity index (χ2v) is 5.83. The summed E-state index contributed by atoms with van der Waals surface area (Å²) in [5.41, 5.74) is -0.183. The summed E-state index contributed by atoms with van der Waals surface area (Å²) in [6.45, 7) is 11.6. The Bertz CT molecular complexity index is 225. The van der Waals surface area contributed by atoms with Crippen molar-refractivity contribution in [1.82, 2.24) is 0 Å². The van der Waals surface area contributed by atoms with Crippen LogP contribution >= 0.6 is 0 Å². The molecule has 0 aliphatic carbocycles. The second kappa shape index (κ2) is 11.3. The molecule has 0 aromatic rings. The van der Waals surface area contributed by atoms with Crippen LogP contribution in [-0.4, -0.2) is 77.8 Å². The number of hydrogen-bond acceptors (Lipinski definition) is 6. The average molecular weight is 306 g/mol. The summed E-state index contributed by atoms with van der Waals surface area (Å²) >= 11 is 0. The van der Waals surface area contributed by atoms with E-state index in [0.717, 1.165) is 0 Å².